The lowest BCUT2D eigenvalue weighted by molar-refractivity contribution is 0.00601. The van der Waals surface area contributed by atoms with Crippen molar-refractivity contribution in [2.45, 2.75) is 52.6 Å². The fourth-order valence-electron chi connectivity index (χ4n) is 2.28. The van der Waals surface area contributed by atoms with E-state index in [0.29, 0.717) is 5.92 Å². The normalized spacial score (nSPS) is 25.9. The molecule has 0 bridgehead atoms. The predicted molar refractivity (Wildman–Crippen MR) is 47.4 cm³/mol. The van der Waals surface area contributed by atoms with Gasteiger partial charge >= 0.3 is 0 Å². The molecule has 0 aliphatic heterocycles. The lowest BCUT2D eigenvalue weighted by Gasteiger charge is -2.32. The van der Waals surface area contributed by atoms with E-state index in [9.17, 15) is 5.11 Å². The number of aliphatic hydroxyl groups excluding tert-OH is 1. The molecule has 66 valence electrons. The molecule has 1 unspecified atom stereocenters. The lowest BCUT2D eigenvalue weighted by atomic mass is 9.78. The molecule has 1 atom stereocenters. The highest BCUT2D eigenvalue weighted by Crippen LogP contribution is 2.42. The van der Waals surface area contributed by atoms with Crippen molar-refractivity contribution in [3.8, 4) is 0 Å². The van der Waals surface area contributed by atoms with Crippen LogP contribution in [0.3, 0.4) is 0 Å². The Bertz CT molecular complexity index is 123. The van der Waals surface area contributed by atoms with E-state index >= 15 is 0 Å². The Morgan fingerprint density at radius 1 is 1.18 bits per heavy atom. The first kappa shape index (κ1) is 9.05. The number of hydrogen-bond donors (Lipinski definition) is 1. The van der Waals surface area contributed by atoms with Crippen molar-refractivity contribution in [2.24, 2.45) is 11.3 Å². The molecule has 11 heavy (non-hydrogen) atoms. The third kappa shape index (κ3) is 1.76. The van der Waals surface area contributed by atoms with E-state index in [1.807, 2.05) is 0 Å². The summed E-state index contributed by atoms with van der Waals surface area (Å²) in [5.74, 6) is 0.415. The summed E-state index contributed by atoms with van der Waals surface area (Å²) in [5.41, 5.74) is 0.230. The zero-order chi connectivity index (χ0) is 8.48. The Labute approximate surface area is 69.8 Å². The molecule has 1 N–H and O–H groups in total. The van der Waals surface area contributed by atoms with Gasteiger partial charge in [-0.3, -0.25) is 0 Å². The molecular weight excluding hydrogens is 136 g/mol. The predicted octanol–water partition coefficient (Wildman–Crippen LogP) is 2.58. The summed E-state index contributed by atoms with van der Waals surface area (Å²) in [5, 5.41) is 9.89. The molecule has 1 heteroatoms. The summed E-state index contributed by atoms with van der Waals surface area (Å²) in [6.45, 7) is 6.44. The molecule has 0 amide bonds. The highest BCUT2D eigenvalue weighted by Gasteiger charge is 2.37. The van der Waals surface area contributed by atoms with Gasteiger partial charge in [0.2, 0.25) is 0 Å². The van der Waals surface area contributed by atoms with E-state index < -0.39 is 0 Å². The fraction of sp³-hybridized carbons (Fsp3) is 1.00. The van der Waals surface area contributed by atoms with E-state index in [-0.39, 0.29) is 11.5 Å². The van der Waals surface area contributed by atoms with Crippen LogP contribution in [0, 0.1) is 11.3 Å². The molecule has 1 saturated carbocycles. The van der Waals surface area contributed by atoms with Crippen molar-refractivity contribution >= 4 is 0 Å². The van der Waals surface area contributed by atoms with Gasteiger partial charge in [-0.1, -0.05) is 33.6 Å². The minimum atomic E-state index is -0.0926. The van der Waals surface area contributed by atoms with E-state index in [0.717, 1.165) is 0 Å². The second-order valence-corrected chi connectivity index (χ2v) is 4.55. The summed E-state index contributed by atoms with van der Waals surface area (Å²) in [6.07, 6.45) is 4.95. The number of aliphatic hydroxyl groups is 1. The average Bonchev–Trinajstić information content (AvgIpc) is 2.35. The third-order valence-corrected chi connectivity index (χ3v) is 3.09. The monoisotopic (exact) mass is 156 g/mol. The first-order valence-electron chi connectivity index (χ1n) is 4.74. The van der Waals surface area contributed by atoms with Crippen LogP contribution in [-0.4, -0.2) is 11.2 Å². The molecule has 0 heterocycles. The summed E-state index contributed by atoms with van der Waals surface area (Å²) in [7, 11) is 0. The number of hydrogen-bond acceptors (Lipinski definition) is 1. The van der Waals surface area contributed by atoms with Crippen LogP contribution in [0.25, 0.3) is 0 Å². The van der Waals surface area contributed by atoms with Gasteiger partial charge in [0.15, 0.2) is 0 Å². The molecule has 1 aliphatic rings. The van der Waals surface area contributed by atoms with E-state index in [4.69, 9.17) is 0 Å². The van der Waals surface area contributed by atoms with Crippen molar-refractivity contribution in [1.82, 2.24) is 0 Å². The van der Waals surface area contributed by atoms with Gasteiger partial charge in [-0.2, -0.15) is 0 Å². The molecule has 1 rings (SSSR count). The lowest BCUT2D eigenvalue weighted by Crippen LogP contribution is -2.33. The van der Waals surface area contributed by atoms with E-state index in [1.54, 1.807) is 0 Å². The Morgan fingerprint density at radius 3 is 2.00 bits per heavy atom. The molecule has 1 nitrogen and oxygen atoms in total. The highest BCUT2D eigenvalue weighted by atomic mass is 16.3. The Hall–Kier alpha value is -0.0400. The molecule has 0 radical (unpaired) electrons. The summed E-state index contributed by atoms with van der Waals surface area (Å²) in [6, 6.07) is 0. The van der Waals surface area contributed by atoms with Gasteiger partial charge in [-0.05, 0) is 24.2 Å². The molecule has 0 aromatic heterocycles. The third-order valence-electron chi connectivity index (χ3n) is 3.09. The molecule has 0 saturated heterocycles. The van der Waals surface area contributed by atoms with Crippen LogP contribution < -0.4 is 0 Å². The van der Waals surface area contributed by atoms with Crippen LogP contribution in [-0.2, 0) is 0 Å². The maximum Gasteiger partial charge on any atom is 0.0616 e. The van der Waals surface area contributed by atoms with Crippen LogP contribution in [0.15, 0.2) is 0 Å². The van der Waals surface area contributed by atoms with Gasteiger partial charge in [0.05, 0.1) is 6.10 Å². The van der Waals surface area contributed by atoms with Crippen LogP contribution in [0.5, 0.6) is 0 Å². The summed E-state index contributed by atoms with van der Waals surface area (Å²) < 4.78 is 0. The van der Waals surface area contributed by atoms with Crippen molar-refractivity contribution in [1.29, 1.82) is 0 Å². The number of rotatable bonds is 2. The van der Waals surface area contributed by atoms with Gasteiger partial charge in [0.1, 0.15) is 0 Å². The minimum absolute atomic E-state index is 0.0926. The highest BCUT2D eigenvalue weighted by molar-refractivity contribution is 4.88. The van der Waals surface area contributed by atoms with Crippen molar-refractivity contribution in [3.63, 3.8) is 0 Å². The smallest absolute Gasteiger partial charge is 0.0616 e. The second-order valence-electron chi connectivity index (χ2n) is 4.55. The van der Waals surface area contributed by atoms with E-state index in [2.05, 4.69) is 20.8 Å². The fourth-order valence-corrected chi connectivity index (χ4v) is 2.28. The van der Waals surface area contributed by atoms with Crippen LogP contribution >= 0.6 is 0 Å². The Kier molecular flexibility index (Phi) is 2.58. The maximum absolute atomic E-state index is 9.89. The molecule has 0 spiro atoms. The van der Waals surface area contributed by atoms with Crippen LogP contribution in [0.2, 0.25) is 0 Å². The zero-order valence-corrected chi connectivity index (χ0v) is 7.93. The first-order valence-corrected chi connectivity index (χ1v) is 4.74. The molecular formula is C10H20O. The van der Waals surface area contributed by atoms with E-state index in [1.165, 1.54) is 25.7 Å². The second kappa shape index (κ2) is 3.14. The molecule has 0 aromatic carbocycles. The minimum Gasteiger partial charge on any atom is -0.392 e. The maximum atomic E-state index is 9.89. The molecule has 0 aromatic rings. The average molecular weight is 156 g/mol. The summed E-state index contributed by atoms with van der Waals surface area (Å²) >= 11 is 0. The van der Waals surface area contributed by atoms with Crippen molar-refractivity contribution in [2.75, 3.05) is 0 Å². The topological polar surface area (TPSA) is 20.2 Å². The van der Waals surface area contributed by atoms with Gasteiger partial charge in [0.25, 0.3) is 0 Å². The first-order chi connectivity index (χ1) is 5.06. The van der Waals surface area contributed by atoms with Gasteiger partial charge < -0.3 is 5.11 Å². The standard InChI is InChI=1S/C10H20O/c1-8(2)9(11)10(3)6-4-5-7-10/h8-9,11H,4-7H2,1-3H3. The largest absolute Gasteiger partial charge is 0.392 e. The molecule has 1 aliphatic carbocycles. The van der Waals surface area contributed by atoms with Crippen LogP contribution in [0.1, 0.15) is 46.5 Å². The summed E-state index contributed by atoms with van der Waals surface area (Å²) in [4.78, 5) is 0. The van der Waals surface area contributed by atoms with Gasteiger partial charge in [-0.25, -0.2) is 0 Å². The Balaban J connectivity index is 2.56. The zero-order valence-electron chi connectivity index (χ0n) is 7.93. The van der Waals surface area contributed by atoms with Crippen molar-refractivity contribution in [3.05, 3.63) is 0 Å². The quantitative estimate of drug-likeness (QED) is 0.651. The van der Waals surface area contributed by atoms with Gasteiger partial charge in [0, 0.05) is 0 Å². The van der Waals surface area contributed by atoms with Crippen molar-refractivity contribution < 1.29 is 5.11 Å². The molecule has 1 fully saturated rings. The SMILES string of the molecule is CC(C)C(O)C1(C)CCCC1. The van der Waals surface area contributed by atoms with Gasteiger partial charge in [-0.15, -0.1) is 0 Å². The Morgan fingerprint density at radius 2 is 1.64 bits per heavy atom. The van der Waals surface area contributed by atoms with Crippen LogP contribution in [0.4, 0.5) is 0 Å².